The van der Waals surface area contributed by atoms with Gasteiger partial charge in [0.1, 0.15) is 0 Å². The van der Waals surface area contributed by atoms with Crippen molar-refractivity contribution >= 4 is 6.03 Å². The number of nitrogens with zero attached hydrogens (tertiary/aromatic N) is 3. The number of primary amides is 1. The van der Waals surface area contributed by atoms with Crippen LogP contribution in [0.3, 0.4) is 0 Å². The summed E-state index contributed by atoms with van der Waals surface area (Å²) in [6, 6.07) is -0.223. The van der Waals surface area contributed by atoms with E-state index in [1.165, 1.54) is 6.92 Å². The van der Waals surface area contributed by atoms with E-state index >= 15 is 0 Å². The van der Waals surface area contributed by atoms with E-state index in [0.717, 1.165) is 18.5 Å². The number of carbonyl (C=O) groups excluding carboxylic acids is 1. The van der Waals surface area contributed by atoms with Gasteiger partial charge in [-0.1, -0.05) is 0 Å². The molecule has 0 radical (unpaired) electrons. The number of nitrogens with two attached hydrogens (primary N) is 1. The van der Waals surface area contributed by atoms with Gasteiger partial charge in [-0.25, -0.2) is 14.4 Å². The van der Waals surface area contributed by atoms with Gasteiger partial charge < -0.3 is 5.73 Å². The lowest BCUT2D eigenvalue weighted by atomic mass is 10.4. The quantitative estimate of drug-likeness (QED) is 0.544. The second kappa shape index (κ2) is 4.96. The van der Waals surface area contributed by atoms with Crippen molar-refractivity contribution < 1.29 is 4.79 Å². The molecule has 0 saturated carbocycles. The molecule has 21 heavy (non-hydrogen) atoms. The summed E-state index contributed by atoms with van der Waals surface area (Å²) in [5, 5.41) is 0.462. The first kappa shape index (κ1) is 14.0. The van der Waals surface area contributed by atoms with E-state index in [9.17, 15) is 24.0 Å². The largest absolute Gasteiger partial charge is 0.354 e. The van der Waals surface area contributed by atoms with Crippen molar-refractivity contribution in [3.63, 3.8) is 0 Å². The minimum Gasteiger partial charge on any atom is -0.349 e. The number of H-pyrrole nitrogens is 2. The maximum absolute atomic E-state index is 11.8. The zero-order valence-corrected chi connectivity index (χ0v) is 10.7. The van der Waals surface area contributed by atoms with E-state index in [1.807, 2.05) is 9.97 Å². The zero-order chi connectivity index (χ0) is 15.7. The lowest BCUT2D eigenvalue weighted by Crippen LogP contribution is -2.57. The first-order chi connectivity index (χ1) is 9.81. The van der Waals surface area contributed by atoms with Gasteiger partial charge in [0, 0.05) is 24.0 Å². The van der Waals surface area contributed by atoms with Gasteiger partial charge in [0.05, 0.1) is 0 Å². The number of carbonyl (C=O) groups is 1. The molecule has 0 aliphatic rings. The number of amides is 2. The Hall–Kier alpha value is -3.37. The van der Waals surface area contributed by atoms with Crippen LogP contribution in [0.25, 0.3) is 0 Å². The third kappa shape index (κ3) is 2.51. The molecule has 0 bridgehead atoms. The molecule has 0 atom stereocenters. The van der Waals surface area contributed by atoms with Crippen LogP contribution < -0.4 is 33.3 Å². The minimum absolute atomic E-state index is 0.110. The number of urea groups is 1. The number of hydrogen-bond acceptors (Lipinski definition) is 5. The van der Waals surface area contributed by atoms with Gasteiger partial charge >= 0.3 is 17.4 Å². The fraction of sp³-hybridized carbons (Fsp3) is 0.100. The highest BCUT2D eigenvalue weighted by atomic mass is 16.2. The minimum atomic E-state index is -1.18. The Labute approximate surface area is 114 Å². The Morgan fingerprint density at radius 3 is 2.33 bits per heavy atom. The third-order valence-corrected chi connectivity index (χ3v) is 2.51. The Bertz CT molecular complexity index is 932. The molecular weight excluding hydrogens is 284 g/mol. The number of aryl methyl sites for hydroxylation is 1. The molecule has 0 aliphatic heterocycles. The van der Waals surface area contributed by atoms with E-state index in [-0.39, 0.29) is 5.56 Å². The smallest absolute Gasteiger partial charge is 0.349 e. The highest BCUT2D eigenvalue weighted by molar-refractivity contribution is 5.81. The van der Waals surface area contributed by atoms with Crippen molar-refractivity contribution in [1.29, 1.82) is 0 Å². The molecule has 0 aliphatic carbocycles. The summed E-state index contributed by atoms with van der Waals surface area (Å²) in [5.74, 6) is 0. The summed E-state index contributed by atoms with van der Waals surface area (Å²) in [4.78, 5) is 61.2. The van der Waals surface area contributed by atoms with Crippen molar-refractivity contribution in [2.75, 3.05) is 5.12 Å². The Balaban J connectivity index is 2.77. The average Bonchev–Trinajstić information content (AvgIpc) is 2.38. The fourth-order valence-corrected chi connectivity index (χ4v) is 1.57. The van der Waals surface area contributed by atoms with Gasteiger partial charge in [0.2, 0.25) is 0 Å². The number of hydrogen-bond donors (Lipinski definition) is 3. The molecule has 0 spiro atoms. The van der Waals surface area contributed by atoms with Gasteiger partial charge in [-0.05, 0) is 6.92 Å². The van der Waals surface area contributed by atoms with Crippen LogP contribution >= 0.6 is 0 Å². The molecule has 11 nitrogen and oxygen atoms in total. The molecule has 2 heterocycles. The van der Waals surface area contributed by atoms with Crippen LogP contribution in [0.4, 0.5) is 4.79 Å². The molecular formula is C10H10N6O5. The first-order valence-corrected chi connectivity index (χ1v) is 5.56. The van der Waals surface area contributed by atoms with Crippen molar-refractivity contribution in [3.05, 3.63) is 65.7 Å². The van der Waals surface area contributed by atoms with Crippen LogP contribution in [0.5, 0.6) is 0 Å². The molecule has 0 aromatic carbocycles. The molecule has 0 fully saturated rings. The second-order valence-electron chi connectivity index (χ2n) is 4.00. The number of rotatable bonds is 2. The summed E-state index contributed by atoms with van der Waals surface area (Å²) in [7, 11) is 0. The summed E-state index contributed by atoms with van der Waals surface area (Å²) < 4.78 is 1.25. The van der Waals surface area contributed by atoms with Crippen molar-refractivity contribution in [2.24, 2.45) is 5.73 Å². The maximum Gasteiger partial charge on any atom is 0.354 e. The van der Waals surface area contributed by atoms with Gasteiger partial charge in [-0.2, -0.15) is 9.35 Å². The van der Waals surface area contributed by atoms with Crippen LogP contribution in [0.1, 0.15) is 5.56 Å². The number of nitrogens with one attached hydrogen (secondary N) is 2. The van der Waals surface area contributed by atoms with E-state index < -0.39 is 28.5 Å². The molecule has 2 amide bonds. The van der Waals surface area contributed by atoms with Gasteiger partial charge in [0.25, 0.3) is 11.1 Å². The zero-order valence-electron chi connectivity index (χ0n) is 10.7. The summed E-state index contributed by atoms with van der Waals surface area (Å²) >= 11 is 0. The topological polar surface area (TPSA) is 156 Å². The fourth-order valence-electron chi connectivity index (χ4n) is 1.57. The monoisotopic (exact) mass is 294 g/mol. The lowest BCUT2D eigenvalue weighted by Gasteiger charge is -2.22. The molecule has 2 aromatic heterocycles. The van der Waals surface area contributed by atoms with Crippen molar-refractivity contribution in [2.45, 2.75) is 6.92 Å². The molecule has 110 valence electrons. The third-order valence-electron chi connectivity index (χ3n) is 2.51. The Morgan fingerprint density at radius 2 is 1.76 bits per heavy atom. The van der Waals surface area contributed by atoms with Crippen LogP contribution in [0.2, 0.25) is 0 Å². The van der Waals surface area contributed by atoms with E-state index in [1.54, 1.807) is 0 Å². The maximum atomic E-state index is 11.8. The number of aromatic nitrogens is 4. The van der Waals surface area contributed by atoms with Crippen LogP contribution in [0.15, 0.2) is 37.6 Å². The normalized spacial score (nSPS) is 10.3. The predicted molar refractivity (Wildman–Crippen MR) is 70.6 cm³/mol. The highest BCUT2D eigenvalue weighted by Gasteiger charge is 2.18. The Morgan fingerprint density at radius 1 is 1.14 bits per heavy atom. The van der Waals surface area contributed by atoms with Crippen LogP contribution in [-0.4, -0.2) is 25.4 Å². The van der Waals surface area contributed by atoms with Crippen LogP contribution in [-0.2, 0) is 0 Å². The van der Waals surface area contributed by atoms with E-state index in [0.29, 0.717) is 14.5 Å². The van der Waals surface area contributed by atoms with Gasteiger partial charge in [-0.3, -0.25) is 19.6 Å². The SMILES string of the molecule is Cc1cn(N(C(N)=O)n2ccc(=O)[nH]c2=O)c(=O)[nH]c1=O. The Kier molecular flexibility index (Phi) is 3.32. The van der Waals surface area contributed by atoms with E-state index in [4.69, 9.17) is 5.73 Å². The molecule has 2 rings (SSSR count). The summed E-state index contributed by atoms with van der Waals surface area (Å²) in [5.41, 5.74) is 1.95. The molecule has 4 N–H and O–H groups in total. The molecule has 11 heteroatoms. The van der Waals surface area contributed by atoms with Crippen LogP contribution in [0, 0.1) is 6.92 Å². The molecule has 0 unspecified atom stereocenters. The van der Waals surface area contributed by atoms with Gasteiger partial charge in [0.15, 0.2) is 0 Å². The van der Waals surface area contributed by atoms with Gasteiger partial charge in [-0.15, -0.1) is 5.12 Å². The summed E-state index contributed by atoms with van der Waals surface area (Å²) in [6.07, 6.45) is 1.99. The predicted octanol–water partition coefficient (Wildman–Crippen LogP) is -2.82. The van der Waals surface area contributed by atoms with Crippen molar-refractivity contribution in [1.82, 2.24) is 19.3 Å². The lowest BCUT2D eigenvalue weighted by molar-refractivity contribution is 0.243. The number of aromatic amines is 2. The highest BCUT2D eigenvalue weighted by Crippen LogP contribution is 1.90. The second-order valence-corrected chi connectivity index (χ2v) is 4.00. The van der Waals surface area contributed by atoms with Crippen molar-refractivity contribution in [3.8, 4) is 0 Å². The summed E-state index contributed by atoms with van der Waals surface area (Å²) in [6.45, 7) is 1.39. The average molecular weight is 294 g/mol. The van der Waals surface area contributed by atoms with E-state index in [2.05, 4.69) is 0 Å². The molecule has 2 aromatic rings. The first-order valence-electron chi connectivity index (χ1n) is 5.56. The standard InChI is InChI=1S/C10H10N6O5/c1-5-4-15(10(21)13-7(5)18)16(8(11)19)14-3-2-6(17)12-9(14)20/h2-4H,1H3,(H2,11,19)(H,12,17,20)(H,13,18,21). The molecule has 0 saturated heterocycles.